The molecular weight excluding hydrogens is 442 g/mol. The molecule has 3 aliphatic rings. The van der Waals surface area contributed by atoms with E-state index in [2.05, 4.69) is 34.9 Å². The third-order valence-corrected chi connectivity index (χ3v) is 5.75. The molecule has 0 aromatic heterocycles. The molecule has 1 aromatic rings. The normalized spacial score (nSPS) is 28.1. The van der Waals surface area contributed by atoms with Crippen LogP contribution in [0.25, 0.3) is 0 Å². The van der Waals surface area contributed by atoms with Crippen LogP contribution in [-0.2, 0) is 23.8 Å². The van der Waals surface area contributed by atoms with Crippen molar-refractivity contribution in [3.8, 4) is 0 Å². The van der Waals surface area contributed by atoms with Gasteiger partial charge >= 0.3 is 5.79 Å². The number of halogens is 1. The van der Waals surface area contributed by atoms with E-state index in [4.69, 9.17) is 23.8 Å². The molecule has 0 amide bonds. The van der Waals surface area contributed by atoms with E-state index in [9.17, 15) is 5.11 Å². The molecule has 1 aliphatic carbocycles. The van der Waals surface area contributed by atoms with Gasteiger partial charge in [-0.25, -0.2) is 0 Å². The van der Waals surface area contributed by atoms with E-state index in [0.29, 0.717) is 30.1 Å². The fraction of sp³-hybridized carbons (Fsp3) is 0.476. The molecule has 1 atom stereocenters. The Morgan fingerprint density at radius 1 is 1.17 bits per heavy atom. The van der Waals surface area contributed by atoms with E-state index in [1.165, 1.54) is 14.2 Å². The molecule has 8 heteroatoms. The molecule has 1 fully saturated rings. The second-order valence-corrected chi connectivity index (χ2v) is 9.00. The Kier molecular flexibility index (Phi) is 5.21. The Balaban J connectivity index is 1.77. The van der Waals surface area contributed by atoms with Crippen LogP contribution < -0.4 is 0 Å². The summed E-state index contributed by atoms with van der Waals surface area (Å²) in [5, 5.41) is 15.6. The predicted molar refractivity (Wildman–Crippen MR) is 109 cm³/mol. The Morgan fingerprint density at radius 2 is 1.86 bits per heavy atom. The van der Waals surface area contributed by atoms with Gasteiger partial charge in [-0.2, -0.15) is 0 Å². The monoisotopic (exact) mass is 465 g/mol. The van der Waals surface area contributed by atoms with E-state index < -0.39 is 17.9 Å². The SMILES string of the molecule is COC1(OC)C=C(C2OCC(C)(C)CO2)C=C2C(c3cccc(Br)c3)=NOC21O. The van der Waals surface area contributed by atoms with E-state index in [0.717, 1.165) is 10.0 Å². The standard InChI is InChI=1S/C21H24BrNO6/c1-19(2)11-27-18(28-12-19)14-9-16-17(13-6-5-7-15(22)8-13)23-29-21(16,24)20(10-14,25-3)26-4/h5-10,18,24H,11-12H2,1-4H3. The highest BCUT2D eigenvalue weighted by Gasteiger charge is 2.63. The fourth-order valence-electron chi connectivity index (χ4n) is 3.66. The minimum Gasteiger partial charge on any atom is -0.348 e. The Morgan fingerprint density at radius 3 is 2.48 bits per heavy atom. The van der Waals surface area contributed by atoms with Gasteiger partial charge in [0.05, 0.1) is 18.8 Å². The Bertz CT molecular complexity index is 894. The Hall–Kier alpha value is -1.55. The third kappa shape index (κ3) is 3.37. The number of aliphatic hydroxyl groups is 1. The van der Waals surface area contributed by atoms with Crippen LogP contribution in [-0.4, -0.2) is 56.1 Å². The van der Waals surface area contributed by atoms with E-state index >= 15 is 0 Å². The first-order chi connectivity index (χ1) is 13.7. The molecule has 29 heavy (non-hydrogen) atoms. The van der Waals surface area contributed by atoms with Crippen molar-refractivity contribution in [2.24, 2.45) is 10.6 Å². The zero-order chi connectivity index (χ0) is 20.9. The van der Waals surface area contributed by atoms with Gasteiger partial charge in [-0.05, 0) is 24.3 Å². The minimum absolute atomic E-state index is 0.0708. The Labute approximate surface area is 178 Å². The highest BCUT2D eigenvalue weighted by Crippen LogP contribution is 2.46. The van der Waals surface area contributed by atoms with Crippen molar-refractivity contribution in [2.75, 3.05) is 27.4 Å². The molecule has 1 saturated heterocycles. The number of hydrogen-bond acceptors (Lipinski definition) is 7. The van der Waals surface area contributed by atoms with Gasteiger partial charge in [0.1, 0.15) is 5.71 Å². The van der Waals surface area contributed by atoms with Gasteiger partial charge in [-0.3, -0.25) is 0 Å². The van der Waals surface area contributed by atoms with Crippen molar-refractivity contribution in [3.05, 3.63) is 57.6 Å². The maximum atomic E-state index is 11.4. The zero-order valence-corrected chi connectivity index (χ0v) is 18.4. The van der Waals surface area contributed by atoms with Crippen LogP contribution in [0.15, 0.2) is 57.2 Å². The highest BCUT2D eigenvalue weighted by atomic mass is 79.9. The van der Waals surface area contributed by atoms with Gasteiger partial charge in [0, 0.05) is 35.2 Å². The lowest BCUT2D eigenvalue weighted by atomic mass is 9.83. The molecule has 0 saturated carbocycles. The zero-order valence-electron chi connectivity index (χ0n) is 16.8. The first-order valence-electron chi connectivity index (χ1n) is 9.27. The largest absolute Gasteiger partial charge is 0.348 e. The average Bonchev–Trinajstić information content (AvgIpc) is 3.04. The molecule has 0 radical (unpaired) electrons. The van der Waals surface area contributed by atoms with Crippen LogP contribution in [0.2, 0.25) is 0 Å². The molecule has 2 aliphatic heterocycles. The highest BCUT2D eigenvalue weighted by molar-refractivity contribution is 9.10. The number of rotatable bonds is 4. The summed E-state index contributed by atoms with van der Waals surface area (Å²) in [7, 11) is 2.87. The van der Waals surface area contributed by atoms with Crippen LogP contribution in [0.3, 0.4) is 0 Å². The quantitative estimate of drug-likeness (QED) is 0.688. The second-order valence-electron chi connectivity index (χ2n) is 8.08. The van der Waals surface area contributed by atoms with Crippen molar-refractivity contribution in [3.63, 3.8) is 0 Å². The fourth-order valence-corrected chi connectivity index (χ4v) is 4.06. The molecule has 1 unspecified atom stereocenters. The van der Waals surface area contributed by atoms with Gasteiger partial charge in [0.2, 0.25) is 0 Å². The number of benzene rings is 1. The van der Waals surface area contributed by atoms with Crippen LogP contribution in [0.5, 0.6) is 0 Å². The van der Waals surface area contributed by atoms with Gasteiger partial charge in [0.25, 0.3) is 5.79 Å². The van der Waals surface area contributed by atoms with Crippen molar-refractivity contribution < 1.29 is 28.9 Å². The smallest absolute Gasteiger partial charge is 0.321 e. The molecule has 0 spiro atoms. The summed E-state index contributed by atoms with van der Waals surface area (Å²) in [6.07, 6.45) is 2.78. The maximum absolute atomic E-state index is 11.4. The van der Waals surface area contributed by atoms with Crippen molar-refractivity contribution in [1.82, 2.24) is 0 Å². The third-order valence-electron chi connectivity index (χ3n) is 5.26. The molecule has 2 heterocycles. The second kappa shape index (κ2) is 7.30. The van der Waals surface area contributed by atoms with Gasteiger partial charge in [-0.15, -0.1) is 0 Å². The lowest BCUT2D eigenvalue weighted by Gasteiger charge is -2.43. The van der Waals surface area contributed by atoms with E-state index in [-0.39, 0.29) is 5.41 Å². The predicted octanol–water partition coefficient (Wildman–Crippen LogP) is 3.13. The first-order valence-corrected chi connectivity index (χ1v) is 10.1. The number of nitrogens with zero attached hydrogens (tertiary/aromatic N) is 1. The lowest BCUT2D eigenvalue weighted by Crippen LogP contribution is -2.59. The molecule has 7 nitrogen and oxygen atoms in total. The summed E-state index contributed by atoms with van der Waals surface area (Å²) >= 11 is 3.47. The lowest BCUT2D eigenvalue weighted by molar-refractivity contribution is -0.343. The van der Waals surface area contributed by atoms with Crippen LogP contribution in [0.1, 0.15) is 19.4 Å². The number of methoxy groups -OCH3 is 2. The molecule has 0 bridgehead atoms. The van der Waals surface area contributed by atoms with Crippen LogP contribution in [0.4, 0.5) is 0 Å². The average molecular weight is 466 g/mol. The maximum Gasteiger partial charge on any atom is 0.321 e. The molecule has 1 N–H and O–H groups in total. The summed E-state index contributed by atoms with van der Waals surface area (Å²) < 4.78 is 24.0. The summed E-state index contributed by atoms with van der Waals surface area (Å²) in [6.45, 7) is 5.23. The summed E-state index contributed by atoms with van der Waals surface area (Å²) in [5.41, 5.74) is 2.26. The van der Waals surface area contributed by atoms with Gasteiger partial charge < -0.3 is 28.9 Å². The summed E-state index contributed by atoms with van der Waals surface area (Å²) in [6, 6.07) is 7.57. The summed E-state index contributed by atoms with van der Waals surface area (Å²) in [4.78, 5) is 5.50. The van der Waals surface area contributed by atoms with E-state index in [1.54, 1.807) is 12.2 Å². The number of fused-ring (bicyclic) bond motifs is 1. The summed E-state index contributed by atoms with van der Waals surface area (Å²) in [5.74, 6) is -3.57. The van der Waals surface area contributed by atoms with Crippen molar-refractivity contribution in [1.29, 1.82) is 0 Å². The van der Waals surface area contributed by atoms with Crippen LogP contribution in [0, 0.1) is 5.41 Å². The van der Waals surface area contributed by atoms with Gasteiger partial charge in [0.15, 0.2) is 6.29 Å². The number of hydrogen-bond donors (Lipinski definition) is 1. The van der Waals surface area contributed by atoms with Gasteiger partial charge in [-0.1, -0.05) is 47.1 Å². The van der Waals surface area contributed by atoms with Crippen molar-refractivity contribution >= 4 is 21.6 Å². The van der Waals surface area contributed by atoms with Crippen LogP contribution >= 0.6 is 15.9 Å². The topological polar surface area (TPSA) is 78.7 Å². The number of oxime groups is 1. The van der Waals surface area contributed by atoms with Crippen molar-refractivity contribution in [2.45, 2.75) is 31.7 Å². The molecule has 156 valence electrons. The molecule has 4 rings (SSSR count). The number of ether oxygens (including phenoxy) is 4. The molecular formula is C21H24BrNO6. The molecule has 1 aromatic carbocycles. The first kappa shape index (κ1) is 20.7. The minimum atomic E-state index is -1.95. The van der Waals surface area contributed by atoms with E-state index in [1.807, 2.05) is 24.3 Å².